The van der Waals surface area contributed by atoms with Crippen LogP contribution in [0.2, 0.25) is 5.02 Å². The van der Waals surface area contributed by atoms with Crippen molar-refractivity contribution in [1.82, 2.24) is 0 Å². The van der Waals surface area contributed by atoms with Crippen LogP contribution in [0.3, 0.4) is 0 Å². The molecule has 0 aliphatic rings. The van der Waals surface area contributed by atoms with Gasteiger partial charge < -0.3 is 24.3 Å². The van der Waals surface area contributed by atoms with Gasteiger partial charge >= 0.3 is 0 Å². The summed E-state index contributed by atoms with van der Waals surface area (Å²) in [5.74, 6) is 1.73. The van der Waals surface area contributed by atoms with Crippen LogP contribution < -0.4 is 24.3 Å². The molecule has 0 bridgehead atoms. The summed E-state index contributed by atoms with van der Waals surface area (Å²) in [7, 11) is 1.53. The van der Waals surface area contributed by atoms with E-state index in [1.807, 2.05) is 61.5 Å². The number of nitriles is 1. The molecule has 0 aromatic heterocycles. The normalized spacial score (nSPS) is 10.8. The Balaban J connectivity index is 1.43. The minimum absolute atomic E-state index is 0.0614. The SMILES string of the molecule is CCOc1cc(COc2ccc(/C=C(/C#N)C(=O)Nc3ccc(Cl)cc3)cc2OC)ccc1OCc1ccccc1. The number of benzene rings is 4. The lowest BCUT2D eigenvalue weighted by Crippen LogP contribution is -2.13. The summed E-state index contributed by atoms with van der Waals surface area (Å²) in [6, 6.07) is 29.4. The number of nitrogens with one attached hydrogen (secondary N) is 1. The van der Waals surface area contributed by atoms with E-state index in [1.165, 1.54) is 13.2 Å². The third kappa shape index (κ3) is 8.28. The third-order valence-electron chi connectivity index (χ3n) is 5.91. The lowest BCUT2D eigenvalue weighted by molar-refractivity contribution is -0.112. The molecule has 4 aromatic rings. The van der Waals surface area contributed by atoms with Crippen LogP contribution in [0.1, 0.15) is 23.6 Å². The van der Waals surface area contributed by atoms with E-state index < -0.39 is 5.91 Å². The zero-order chi connectivity index (χ0) is 29.0. The first-order valence-electron chi connectivity index (χ1n) is 12.9. The number of carbonyl (C=O) groups is 1. The van der Waals surface area contributed by atoms with Crippen molar-refractivity contribution in [3.63, 3.8) is 0 Å². The van der Waals surface area contributed by atoms with Gasteiger partial charge in [0, 0.05) is 10.7 Å². The van der Waals surface area contributed by atoms with E-state index in [2.05, 4.69) is 5.32 Å². The van der Waals surface area contributed by atoms with Gasteiger partial charge in [0.25, 0.3) is 5.91 Å². The van der Waals surface area contributed by atoms with Gasteiger partial charge in [-0.3, -0.25) is 4.79 Å². The maximum atomic E-state index is 12.6. The highest BCUT2D eigenvalue weighted by atomic mass is 35.5. The summed E-state index contributed by atoms with van der Waals surface area (Å²) in [4.78, 5) is 12.6. The largest absolute Gasteiger partial charge is 0.493 e. The van der Waals surface area contributed by atoms with Gasteiger partial charge in [-0.1, -0.05) is 54.1 Å². The van der Waals surface area contributed by atoms with Crippen LogP contribution >= 0.6 is 11.6 Å². The minimum Gasteiger partial charge on any atom is -0.493 e. The van der Waals surface area contributed by atoms with Crippen LogP contribution in [0.25, 0.3) is 6.08 Å². The van der Waals surface area contributed by atoms with Gasteiger partial charge in [0.15, 0.2) is 23.0 Å². The first-order valence-corrected chi connectivity index (χ1v) is 13.3. The average Bonchev–Trinajstić information content (AvgIpc) is 3.00. The molecule has 0 heterocycles. The van der Waals surface area contributed by atoms with E-state index in [4.69, 9.17) is 30.5 Å². The Morgan fingerprint density at radius 3 is 2.20 bits per heavy atom. The lowest BCUT2D eigenvalue weighted by atomic mass is 10.1. The molecule has 7 nitrogen and oxygen atoms in total. The van der Waals surface area contributed by atoms with Crippen LogP contribution in [0.4, 0.5) is 5.69 Å². The number of nitrogens with zero attached hydrogens (tertiary/aromatic N) is 1. The molecule has 0 spiro atoms. The maximum Gasteiger partial charge on any atom is 0.266 e. The number of anilines is 1. The molecule has 0 saturated heterocycles. The molecule has 8 heteroatoms. The fourth-order valence-corrected chi connectivity index (χ4v) is 3.99. The summed E-state index contributed by atoms with van der Waals surface area (Å²) in [6.07, 6.45) is 1.49. The summed E-state index contributed by atoms with van der Waals surface area (Å²) in [6.45, 7) is 3.11. The highest BCUT2D eigenvalue weighted by Gasteiger charge is 2.13. The molecular weight excluding hydrogens is 540 g/mol. The molecule has 0 aliphatic carbocycles. The maximum absolute atomic E-state index is 12.6. The molecule has 208 valence electrons. The zero-order valence-corrected chi connectivity index (χ0v) is 23.5. The third-order valence-corrected chi connectivity index (χ3v) is 6.16. The van der Waals surface area contributed by atoms with Crippen LogP contribution in [-0.2, 0) is 18.0 Å². The second-order valence-corrected chi connectivity index (χ2v) is 9.25. The molecule has 0 fully saturated rings. The van der Waals surface area contributed by atoms with E-state index in [0.717, 1.165) is 11.1 Å². The molecule has 0 atom stereocenters. The van der Waals surface area contributed by atoms with Crippen LogP contribution in [0, 0.1) is 11.3 Å². The van der Waals surface area contributed by atoms with Crippen LogP contribution in [0.5, 0.6) is 23.0 Å². The van der Waals surface area contributed by atoms with Crippen molar-refractivity contribution in [2.45, 2.75) is 20.1 Å². The van der Waals surface area contributed by atoms with E-state index >= 15 is 0 Å². The molecule has 4 aromatic carbocycles. The first kappa shape index (κ1) is 29.1. The lowest BCUT2D eigenvalue weighted by Gasteiger charge is -2.15. The molecule has 4 rings (SSSR count). The van der Waals surface area contributed by atoms with Gasteiger partial charge in [0.05, 0.1) is 13.7 Å². The van der Waals surface area contributed by atoms with E-state index in [-0.39, 0.29) is 12.2 Å². The van der Waals surface area contributed by atoms with Crippen LogP contribution in [-0.4, -0.2) is 19.6 Å². The van der Waals surface area contributed by atoms with E-state index in [9.17, 15) is 10.1 Å². The van der Waals surface area contributed by atoms with Gasteiger partial charge in [-0.2, -0.15) is 5.26 Å². The van der Waals surface area contributed by atoms with E-state index in [1.54, 1.807) is 42.5 Å². The number of amides is 1. The predicted molar refractivity (Wildman–Crippen MR) is 159 cm³/mol. The summed E-state index contributed by atoms with van der Waals surface area (Å²) < 4.78 is 23.4. The second-order valence-electron chi connectivity index (χ2n) is 8.82. The van der Waals surface area contributed by atoms with Gasteiger partial charge in [-0.15, -0.1) is 0 Å². The highest BCUT2D eigenvalue weighted by Crippen LogP contribution is 2.32. The van der Waals surface area contributed by atoms with Crippen molar-refractivity contribution >= 4 is 29.3 Å². The number of rotatable bonds is 12. The second kappa shape index (κ2) is 14.5. The molecule has 0 aliphatic heterocycles. The number of halogens is 1. The van der Waals surface area contributed by atoms with Crippen molar-refractivity contribution in [3.8, 4) is 29.1 Å². The Labute approximate surface area is 244 Å². The number of methoxy groups -OCH3 is 1. The van der Waals surface area contributed by atoms with Gasteiger partial charge in [-0.05, 0) is 78.2 Å². The number of hydrogen-bond acceptors (Lipinski definition) is 6. The Morgan fingerprint density at radius 1 is 0.829 bits per heavy atom. The summed E-state index contributed by atoms with van der Waals surface area (Å²) >= 11 is 5.89. The Kier molecular flexibility index (Phi) is 10.2. The molecule has 1 amide bonds. The Bertz CT molecular complexity index is 1550. The van der Waals surface area contributed by atoms with Crippen molar-refractivity contribution in [2.75, 3.05) is 19.0 Å². The number of ether oxygens (including phenoxy) is 4. The zero-order valence-electron chi connectivity index (χ0n) is 22.7. The van der Waals surface area contributed by atoms with Crippen molar-refractivity contribution < 1.29 is 23.7 Å². The fourth-order valence-electron chi connectivity index (χ4n) is 3.87. The Morgan fingerprint density at radius 2 is 1.51 bits per heavy atom. The molecule has 0 radical (unpaired) electrons. The summed E-state index contributed by atoms with van der Waals surface area (Å²) in [5.41, 5.74) is 3.03. The molecule has 41 heavy (non-hydrogen) atoms. The summed E-state index contributed by atoms with van der Waals surface area (Å²) in [5, 5.41) is 12.8. The van der Waals surface area contributed by atoms with E-state index in [0.29, 0.717) is 52.5 Å². The van der Waals surface area contributed by atoms with Gasteiger partial charge in [-0.25, -0.2) is 0 Å². The topological polar surface area (TPSA) is 89.8 Å². The minimum atomic E-state index is -0.532. The average molecular weight is 569 g/mol. The van der Waals surface area contributed by atoms with Crippen LogP contribution in [0.15, 0.2) is 96.6 Å². The fraction of sp³-hybridized carbons (Fsp3) is 0.152. The van der Waals surface area contributed by atoms with Crippen molar-refractivity contribution in [2.24, 2.45) is 0 Å². The predicted octanol–water partition coefficient (Wildman–Crippen LogP) is 7.45. The molecule has 0 unspecified atom stereocenters. The molecular formula is C33H29ClN2O5. The first-order chi connectivity index (χ1) is 20.0. The number of carbonyl (C=O) groups excluding carboxylic acids is 1. The monoisotopic (exact) mass is 568 g/mol. The van der Waals surface area contributed by atoms with Crippen molar-refractivity contribution in [3.05, 3.63) is 118 Å². The van der Waals surface area contributed by atoms with Crippen molar-refractivity contribution in [1.29, 1.82) is 5.26 Å². The molecule has 1 N–H and O–H groups in total. The smallest absolute Gasteiger partial charge is 0.266 e. The van der Waals surface area contributed by atoms with Gasteiger partial charge in [0.1, 0.15) is 24.9 Å². The standard InChI is InChI=1S/C33H29ClN2O5/c1-3-39-32-19-25(10-16-30(32)40-21-23-7-5-4-6-8-23)22-41-29-15-9-24(18-31(29)38-2)17-26(20-35)33(37)36-28-13-11-27(34)12-14-28/h4-19H,3,21-22H2,1-2H3,(H,36,37)/b26-17-. The molecule has 0 saturated carbocycles. The van der Waals surface area contributed by atoms with Gasteiger partial charge in [0.2, 0.25) is 0 Å². The highest BCUT2D eigenvalue weighted by molar-refractivity contribution is 6.30. The Hall–Kier alpha value is -4.93. The number of hydrogen-bond donors (Lipinski definition) is 1. The quantitative estimate of drug-likeness (QED) is 0.141.